The van der Waals surface area contributed by atoms with E-state index in [2.05, 4.69) is 28.4 Å². The van der Waals surface area contributed by atoms with Crippen LogP contribution in [-0.4, -0.2) is 43.7 Å². The van der Waals surface area contributed by atoms with Crippen LogP contribution >= 0.6 is 0 Å². The van der Waals surface area contributed by atoms with Crippen LogP contribution in [0.15, 0.2) is 35.9 Å². The molecule has 1 heterocycles. The predicted molar refractivity (Wildman–Crippen MR) is 110 cm³/mol. The summed E-state index contributed by atoms with van der Waals surface area (Å²) in [5.74, 6) is 2.53. The molecule has 1 N–H and O–H groups in total. The van der Waals surface area contributed by atoms with Gasteiger partial charge in [-0.1, -0.05) is 37.6 Å². The molecule has 4 rings (SSSR count). The molecule has 0 radical (unpaired) electrons. The van der Waals surface area contributed by atoms with Gasteiger partial charge in [-0.15, -0.1) is 0 Å². The second-order valence-corrected chi connectivity index (χ2v) is 7.76. The standard InChI is InChI=1S/C21H27FN2O2.C2H6/c22-8-1-9-23-21(25)18-12-24(13-18)11-15-2-6-19(7-3-15)26-14-17-5-4-16-10-20(16)17;1-2/h2-4,6-7,17-18,20H,1,5,8-14H2,(H,23,25);1-2H3. The number of alkyl halides is 1. The number of carbonyl (C=O) groups excluding carboxylic acids is 1. The number of benzene rings is 1. The van der Waals surface area contributed by atoms with Crippen LogP contribution in [0.4, 0.5) is 4.39 Å². The van der Waals surface area contributed by atoms with Crippen LogP contribution in [0.3, 0.4) is 0 Å². The molecule has 3 aliphatic rings. The number of amides is 1. The minimum absolute atomic E-state index is 0.0459. The Morgan fingerprint density at radius 2 is 2.00 bits per heavy atom. The Labute approximate surface area is 168 Å². The Hall–Kier alpha value is -1.88. The summed E-state index contributed by atoms with van der Waals surface area (Å²) < 4.78 is 18.0. The van der Waals surface area contributed by atoms with Gasteiger partial charge in [0.25, 0.3) is 0 Å². The third-order valence-corrected chi connectivity index (χ3v) is 5.75. The fourth-order valence-corrected chi connectivity index (χ4v) is 3.99. The van der Waals surface area contributed by atoms with Crippen molar-refractivity contribution >= 4 is 5.91 Å². The number of nitrogens with one attached hydrogen (secondary N) is 1. The summed E-state index contributed by atoms with van der Waals surface area (Å²) in [6.45, 7) is 7.28. The molecule has 1 saturated heterocycles. The van der Waals surface area contributed by atoms with Crippen molar-refractivity contribution in [1.82, 2.24) is 10.2 Å². The van der Waals surface area contributed by atoms with Gasteiger partial charge in [0.15, 0.2) is 0 Å². The second kappa shape index (κ2) is 10.1. The number of hydrogen-bond acceptors (Lipinski definition) is 3. The smallest absolute Gasteiger partial charge is 0.225 e. The van der Waals surface area contributed by atoms with Crippen LogP contribution in [0.5, 0.6) is 5.75 Å². The van der Waals surface area contributed by atoms with E-state index in [-0.39, 0.29) is 18.5 Å². The van der Waals surface area contributed by atoms with E-state index in [0.717, 1.165) is 37.9 Å². The molecule has 1 amide bonds. The van der Waals surface area contributed by atoms with Crippen molar-refractivity contribution in [2.75, 3.05) is 32.9 Å². The lowest BCUT2D eigenvalue weighted by molar-refractivity contribution is -0.130. The maximum absolute atomic E-state index is 12.0. The molecular weight excluding hydrogens is 355 g/mol. The van der Waals surface area contributed by atoms with Crippen molar-refractivity contribution in [2.45, 2.75) is 39.7 Å². The van der Waals surface area contributed by atoms with Crippen LogP contribution in [-0.2, 0) is 11.3 Å². The number of rotatable bonds is 9. The van der Waals surface area contributed by atoms with Gasteiger partial charge in [0, 0.05) is 32.1 Å². The number of allylic oxidation sites excluding steroid dienone is 2. The maximum Gasteiger partial charge on any atom is 0.225 e. The van der Waals surface area contributed by atoms with Crippen LogP contribution in [0.25, 0.3) is 0 Å². The first-order valence-corrected chi connectivity index (χ1v) is 10.7. The van der Waals surface area contributed by atoms with Crippen molar-refractivity contribution in [3.63, 3.8) is 0 Å². The van der Waals surface area contributed by atoms with E-state index in [9.17, 15) is 9.18 Å². The topological polar surface area (TPSA) is 41.6 Å². The molecule has 1 aliphatic heterocycles. The van der Waals surface area contributed by atoms with E-state index >= 15 is 0 Å². The Kier molecular flexibility index (Phi) is 7.49. The summed E-state index contributed by atoms with van der Waals surface area (Å²) in [7, 11) is 0. The fraction of sp³-hybridized carbons (Fsp3) is 0.609. The van der Waals surface area contributed by atoms with Crippen molar-refractivity contribution in [1.29, 1.82) is 0 Å². The zero-order valence-corrected chi connectivity index (χ0v) is 17.1. The lowest BCUT2D eigenvalue weighted by Gasteiger charge is -2.38. The Bertz CT molecular complexity index is 668. The Morgan fingerprint density at radius 1 is 1.25 bits per heavy atom. The molecule has 1 aromatic carbocycles. The van der Waals surface area contributed by atoms with E-state index in [4.69, 9.17) is 4.74 Å². The van der Waals surface area contributed by atoms with Crippen molar-refractivity contribution in [2.24, 2.45) is 17.8 Å². The minimum Gasteiger partial charge on any atom is -0.493 e. The van der Waals surface area contributed by atoms with Gasteiger partial charge in [0.05, 0.1) is 19.2 Å². The van der Waals surface area contributed by atoms with Crippen molar-refractivity contribution in [3.05, 3.63) is 41.5 Å². The van der Waals surface area contributed by atoms with Crippen LogP contribution in [0.2, 0.25) is 0 Å². The van der Waals surface area contributed by atoms with Crippen LogP contribution < -0.4 is 10.1 Å². The quantitative estimate of drug-likeness (QED) is 0.514. The van der Waals surface area contributed by atoms with Gasteiger partial charge in [-0.05, 0) is 42.9 Å². The molecule has 1 aromatic rings. The SMILES string of the molecule is CC.O=C(NCCCF)C1CN(Cc2ccc(OCC3CC=C4CC43)cc2)C1. The van der Waals surface area contributed by atoms with E-state index in [0.29, 0.717) is 18.9 Å². The third-order valence-electron chi connectivity index (χ3n) is 5.75. The predicted octanol–water partition coefficient (Wildman–Crippen LogP) is 3.97. The summed E-state index contributed by atoms with van der Waals surface area (Å²) >= 11 is 0. The number of halogens is 1. The Balaban J connectivity index is 0.00000109. The highest BCUT2D eigenvalue weighted by molar-refractivity contribution is 5.79. The molecule has 0 bridgehead atoms. The number of likely N-dealkylation sites (tertiary alicyclic amines) is 1. The number of nitrogens with zero attached hydrogens (tertiary/aromatic N) is 1. The Morgan fingerprint density at radius 3 is 2.61 bits per heavy atom. The summed E-state index contributed by atoms with van der Waals surface area (Å²) in [4.78, 5) is 14.1. The van der Waals surface area contributed by atoms with E-state index in [1.54, 1.807) is 5.57 Å². The zero-order chi connectivity index (χ0) is 19.9. The summed E-state index contributed by atoms with van der Waals surface area (Å²) in [5, 5.41) is 2.79. The number of carbonyl (C=O) groups is 1. The average Bonchev–Trinajstić information content (AvgIpc) is 3.37. The lowest BCUT2D eigenvalue weighted by atomic mass is 9.98. The normalized spacial score (nSPS) is 23.0. The molecule has 154 valence electrons. The summed E-state index contributed by atoms with van der Waals surface area (Å²) in [6, 6.07) is 8.32. The first-order valence-electron chi connectivity index (χ1n) is 10.7. The van der Waals surface area contributed by atoms with E-state index in [1.807, 2.05) is 26.0 Å². The molecule has 0 aromatic heterocycles. The van der Waals surface area contributed by atoms with Gasteiger partial charge in [-0.3, -0.25) is 14.1 Å². The van der Waals surface area contributed by atoms with Gasteiger partial charge in [-0.25, -0.2) is 0 Å². The van der Waals surface area contributed by atoms with E-state index < -0.39 is 0 Å². The third kappa shape index (κ3) is 5.34. The monoisotopic (exact) mass is 388 g/mol. The summed E-state index contributed by atoms with van der Waals surface area (Å²) in [5.41, 5.74) is 2.87. The van der Waals surface area contributed by atoms with E-state index in [1.165, 1.54) is 18.4 Å². The molecule has 5 heteroatoms. The molecule has 2 fully saturated rings. The number of fused-ring (bicyclic) bond motifs is 1. The van der Waals surface area contributed by atoms with Crippen LogP contribution in [0, 0.1) is 17.8 Å². The highest BCUT2D eigenvalue weighted by atomic mass is 19.1. The summed E-state index contributed by atoms with van der Waals surface area (Å²) in [6.07, 6.45) is 5.24. The first-order chi connectivity index (χ1) is 13.7. The van der Waals surface area contributed by atoms with Gasteiger partial charge < -0.3 is 10.1 Å². The van der Waals surface area contributed by atoms with Crippen molar-refractivity contribution in [3.8, 4) is 5.75 Å². The number of ether oxygens (including phenoxy) is 1. The molecule has 1 saturated carbocycles. The second-order valence-electron chi connectivity index (χ2n) is 7.76. The van der Waals surface area contributed by atoms with Crippen molar-refractivity contribution < 1.29 is 13.9 Å². The van der Waals surface area contributed by atoms with Crippen LogP contribution in [0.1, 0.15) is 38.7 Å². The van der Waals surface area contributed by atoms with Gasteiger partial charge in [-0.2, -0.15) is 0 Å². The molecule has 2 atom stereocenters. The van der Waals surface area contributed by atoms with Gasteiger partial charge >= 0.3 is 0 Å². The molecule has 0 spiro atoms. The molecule has 2 aliphatic carbocycles. The zero-order valence-electron chi connectivity index (χ0n) is 17.1. The fourth-order valence-electron chi connectivity index (χ4n) is 3.99. The molecular formula is C23H33FN2O2. The maximum atomic E-state index is 12.0. The van der Waals surface area contributed by atoms with Gasteiger partial charge in [0.2, 0.25) is 5.91 Å². The first kappa shape index (κ1) is 20.8. The minimum atomic E-state index is -0.379. The van der Waals surface area contributed by atoms with Gasteiger partial charge in [0.1, 0.15) is 5.75 Å². The highest BCUT2D eigenvalue weighted by Gasteiger charge is 2.41. The molecule has 4 nitrogen and oxygen atoms in total. The lowest BCUT2D eigenvalue weighted by Crippen LogP contribution is -2.53. The average molecular weight is 389 g/mol. The largest absolute Gasteiger partial charge is 0.493 e. The number of hydrogen-bond donors (Lipinski definition) is 1. The molecule has 28 heavy (non-hydrogen) atoms. The highest BCUT2D eigenvalue weighted by Crippen LogP contribution is 2.50. The molecule has 2 unspecified atom stereocenters.